The lowest BCUT2D eigenvalue weighted by molar-refractivity contribution is 0.0295. The number of hydrogen-bond acceptors (Lipinski definition) is 9. The molecule has 1 amide bonds. The maximum absolute atomic E-state index is 13.3. The molecule has 0 saturated carbocycles. The highest BCUT2D eigenvalue weighted by atomic mass is 32.2. The second kappa shape index (κ2) is 13.3. The lowest BCUT2D eigenvalue weighted by Gasteiger charge is -2.28. The van der Waals surface area contributed by atoms with Crippen LogP contribution in [0.25, 0.3) is 22.3 Å². The first-order valence-corrected chi connectivity index (χ1v) is 20.8. The van der Waals surface area contributed by atoms with Crippen LogP contribution in [0.4, 0.5) is 16.3 Å². The number of morpholine rings is 1. The van der Waals surface area contributed by atoms with Crippen LogP contribution in [0.15, 0.2) is 36.7 Å². The lowest BCUT2D eigenvalue weighted by Crippen LogP contribution is -2.37. The number of hydrogen-bond donors (Lipinski definition) is 1. The van der Waals surface area contributed by atoms with Crippen molar-refractivity contribution in [3.8, 4) is 11.3 Å². The number of amides is 1. The van der Waals surface area contributed by atoms with Gasteiger partial charge in [-0.3, -0.25) is 4.72 Å². The summed E-state index contributed by atoms with van der Waals surface area (Å²) in [7, 11) is -4.99. The molecule has 2 aliphatic heterocycles. The minimum absolute atomic E-state index is 0.0899. The molecule has 2 fully saturated rings. The summed E-state index contributed by atoms with van der Waals surface area (Å²) in [5.74, 6) is 0.867. The van der Waals surface area contributed by atoms with Gasteiger partial charge in [-0.2, -0.15) is 0 Å². The highest BCUT2D eigenvalue weighted by Crippen LogP contribution is 2.33. The van der Waals surface area contributed by atoms with E-state index in [1.165, 1.54) is 4.90 Å². The van der Waals surface area contributed by atoms with Gasteiger partial charge in [0.15, 0.2) is 0 Å². The van der Waals surface area contributed by atoms with Gasteiger partial charge in [0.2, 0.25) is 10.0 Å². The summed E-state index contributed by atoms with van der Waals surface area (Å²) in [5.41, 5.74) is 2.41. The monoisotopic (exact) mass is 658 g/mol. The molecule has 1 aromatic carbocycles. The summed E-state index contributed by atoms with van der Waals surface area (Å²) < 4.78 is 48.4. The Bertz CT molecular complexity index is 1590. The van der Waals surface area contributed by atoms with E-state index in [0.717, 1.165) is 47.2 Å². The topological polar surface area (TPSA) is 128 Å². The minimum atomic E-state index is -3.73. The summed E-state index contributed by atoms with van der Waals surface area (Å²) in [5, 5.41) is 0.210. The van der Waals surface area contributed by atoms with Crippen LogP contribution in [0.3, 0.4) is 0 Å². The molecule has 2 aromatic heterocycles. The first-order valence-electron chi connectivity index (χ1n) is 15.5. The van der Waals surface area contributed by atoms with Crippen molar-refractivity contribution in [1.82, 2.24) is 19.4 Å². The van der Waals surface area contributed by atoms with Gasteiger partial charge in [-0.05, 0) is 57.0 Å². The molecule has 246 valence electrons. The van der Waals surface area contributed by atoms with Gasteiger partial charge in [-0.1, -0.05) is 31.8 Å². The van der Waals surface area contributed by atoms with Crippen LogP contribution in [0, 0.1) is 0 Å². The lowest BCUT2D eigenvalue weighted by atomic mass is 10.1. The van der Waals surface area contributed by atoms with Crippen molar-refractivity contribution in [3.05, 3.63) is 36.7 Å². The predicted molar refractivity (Wildman–Crippen MR) is 179 cm³/mol. The smallest absolute Gasteiger partial charge is 0.410 e. The Balaban J connectivity index is 1.36. The van der Waals surface area contributed by atoms with Crippen LogP contribution in [0.1, 0.15) is 27.2 Å². The molecule has 0 bridgehead atoms. The molecule has 0 aliphatic carbocycles. The van der Waals surface area contributed by atoms with E-state index in [2.05, 4.69) is 49.9 Å². The maximum Gasteiger partial charge on any atom is 0.410 e. The van der Waals surface area contributed by atoms with E-state index in [9.17, 15) is 13.2 Å². The van der Waals surface area contributed by atoms with Crippen molar-refractivity contribution in [2.45, 2.75) is 70.5 Å². The van der Waals surface area contributed by atoms with Gasteiger partial charge < -0.3 is 28.6 Å². The molecule has 45 heavy (non-hydrogen) atoms. The van der Waals surface area contributed by atoms with Crippen molar-refractivity contribution in [1.29, 1.82) is 0 Å². The summed E-state index contributed by atoms with van der Waals surface area (Å²) >= 11 is 0. The van der Waals surface area contributed by atoms with E-state index in [4.69, 9.17) is 14.2 Å². The van der Waals surface area contributed by atoms with Gasteiger partial charge in [-0.25, -0.2) is 23.2 Å². The number of carbonyl (C=O) groups is 1. The number of ether oxygens (including phenoxy) is 3. The number of rotatable bonds is 10. The molecule has 0 spiro atoms. The third-order valence-corrected chi connectivity index (χ3v) is 11.4. The van der Waals surface area contributed by atoms with E-state index in [1.54, 1.807) is 39.2 Å². The number of benzene rings is 1. The number of aromatic nitrogens is 3. The van der Waals surface area contributed by atoms with Crippen LogP contribution >= 0.6 is 0 Å². The zero-order valence-corrected chi connectivity index (χ0v) is 29.0. The number of likely N-dealkylation sites (tertiary alicyclic amines) is 1. The molecule has 1 unspecified atom stereocenters. The minimum Gasteiger partial charge on any atom is -0.444 e. The van der Waals surface area contributed by atoms with Crippen molar-refractivity contribution in [2.75, 3.05) is 55.6 Å². The predicted octanol–water partition coefficient (Wildman–Crippen LogP) is 5.00. The molecule has 12 nitrogen and oxygen atoms in total. The van der Waals surface area contributed by atoms with E-state index < -0.39 is 35.0 Å². The second-order valence-electron chi connectivity index (χ2n) is 13.9. The van der Waals surface area contributed by atoms with Gasteiger partial charge in [0.25, 0.3) is 0 Å². The van der Waals surface area contributed by atoms with Crippen molar-refractivity contribution in [3.63, 3.8) is 0 Å². The van der Waals surface area contributed by atoms with Crippen LogP contribution in [-0.4, -0.2) is 98.9 Å². The molecule has 4 heterocycles. The van der Waals surface area contributed by atoms with Crippen LogP contribution in [0.2, 0.25) is 25.7 Å². The summed E-state index contributed by atoms with van der Waals surface area (Å²) in [6.07, 6.45) is 1.45. The number of nitrogens with zero attached hydrogens (tertiary/aromatic N) is 5. The van der Waals surface area contributed by atoms with E-state index >= 15 is 0 Å². The van der Waals surface area contributed by atoms with Gasteiger partial charge in [-0.15, -0.1) is 0 Å². The van der Waals surface area contributed by atoms with Crippen LogP contribution in [0.5, 0.6) is 0 Å². The fourth-order valence-electron chi connectivity index (χ4n) is 5.41. The van der Waals surface area contributed by atoms with Gasteiger partial charge in [0.1, 0.15) is 30.1 Å². The van der Waals surface area contributed by atoms with Crippen LogP contribution < -0.4 is 9.62 Å². The highest BCUT2D eigenvalue weighted by molar-refractivity contribution is 7.93. The molecular weight excluding hydrogens is 613 g/mol. The second-order valence-corrected chi connectivity index (χ2v) is 21.5. The SMILES string of the molecule is CC(C)(C)OC(=O)N1CCC(S(=O)(=O)Nc2ccc(-c3cc4c(N5CCOCC5)ncnc4n3COCC[Si](C)(C)C)cc2)C1. The van der Waals surface area contributed by atoms with Gasteiger partial charge in [0, 0.05) is 46.5 Å². The molecule has 2 aliphatic rings. The third kappa shape index (κ3) is 8.34. The number of fused-ring (bicyclic) bond motifs is 1. The van der Waals surface area contributed by atoms with Gasteiger partial charge in [0.05, 0.1) is 29.5 Å². The molecule has 3 aromatic rings. The molecule has 1 atom stereocenters. The number of nitrogens with one attached hydrogen (secondary N) is 1. The summed E-state index contributed by atoms with van der Waals surface area (Å²) in [6.45, 7) is 16.6. The molecule has 14 heteroatoms. The fraction of sp³-hybridized carbons (Fsp3) is 0.581. The number of anilines is 2. The average molecular weight is 659 g/mol. The third-order valence-electron chi connectivity index (χ3n) is 7.87. The largest absolute Gasteiger partial charge is 0.444 e. The molecule has 2 saturated heterocycles. The maximum atomic E-state index is 13.3. The van der Waals surface area contributed by atoms with Crippen molar-refractivity contribution in [2.24, 2.45) is 0 Å². The highest BCUT2D eigenvalue weighted by Gasteiger charge is 2.37. The normalized spacial score (nSPS) is 18.0. The van der Waals surface area contributed by atoms with E-state index in [-0.39, 0.29) is 6.54 Å². The Morgan fingerprint density at radius 3 is 2.47 bits per heavy atom. The standard InChI is InChI=1S/C31H46N6O6SSi/c1-31(2,3)43-30(38)36-12-11-25(20-36)44(39,40)34-24-9-7-23(8-10-24)27-19-26-28(35-13-15-41-16-14-35)32-21-33-29(26)37(27)22-42-17-18-45(4,5)6/h7-10,19,21,25,34H,11-18,20,22H2,1-6H3. The van der Waals surface area contributed by atoms with Crippen LogP contribution in [-0.2, 0) is 31.0 Å². The van der Waals surface area contributed by atoms with Crippen molar-refractivity contribution < 1.29 is 27.4 Å². The number of sulfonamides is 1. The Kier molecular flexibility index (Phi) is 9.78. The summed E-state index contributed by atoms with van der Waals surface area (Å²) in [6, 6.07) is 10.5. The van der Waals surface area contributed by atoms with E-state index in [1.807, 2.05) is 12.1 Å². The first-order chi connectivity index (χ1) is 21.2. The number of carbonyl (C=O) groups excluding carboxylic acids is 1. The van der Waals surface area contributed by atoms with Crippen molar-refractivity contribution >= 4 is 46.7 Å². The zero-order valence-electron chi connectivity index (χ0n) is 27.2. The molecular formula is C31H46N6O6SSi. The Labute approximate surface area is 267 Å². The Hall–Kier alpha value is -3.20. The fourth-order valence-corrected chi connectivity index (χ4v) is 7.59. The molecule has 1 N–H and O–H groups in total. The Morgan fingerprint density at radius 1 is 1.09 bits per heavy atom. The summed E-state index contributed by atoms with van der Waals surface area (Å²) in [4.78, 5) is 25.4. The van der Waals surface area contributed by atoms with E-state index in [0.29, 0.717) is 45.2 Å². The Morgan fingerprint density at radius 2 is 1.80 bits per heavy atom. The average Bonchev–Trinajstić information content (AvgIpc) is 3.61. The first kappa shape index (κ1) is 33.2. The van der Waals surface area contributed by atoms with Gasteiger partial charge >= 0.3 is 6.09 Å². The zero-order chi connectivity index (χ0) is 32.4. The molecule has 5 rings (SSSR count). The quantitative estimate of drug-likeness (QED) is 0.237. The molecule has 0 radical (unpaired) electrons.